The van der Waals surface area contributed by atoms with E-state index in [1.807, 2.05) is 0 Å². The minimum absolute atomic E-state index is 1.04. The molecule has 0 radical (unpaired) electrons. The summed E-state index contributed by atoms with van der Waals surface area (Å²) in [4.78, 5) is 0. The molecule has 0 fully saturated rings. The normalized spacial score (nSPS) is 11.1. The van der Waals surface area contributed by atoms with Crippen LogP contribution in [0.5, 0.6) is 0 Å². The standard InChI is InChI=1S/C51H58N2/c1-5-8-9-10-11-12-19-39-26-32-45(33-27-39)53-51-23-16-14-21-49(51)43-29-35-47(41(37-43)18-7-3)46-34-28-42(36-40(46)17-6-2)48-20-13-15-22-50(48)52-44-30-24-38(4)25-31-44/h13-16,20-37,52-53H,5-12,17-19H2,1-4H3. The van der Waals surface area contributed by atoms with E-state index < -0.39 is 0 Å². The molecule has 2 heteroatoms. The van der Waals surface area contributed by atoms with Crippen molar-refractivity contribution in [3.63, 3.8) is 0 Å². The van der Waals surface area contributed by atoms with Gasteiger partial charge in [0.05, 0.1) is 0 Å². The van der Waals surface area contributed by atoms with Crippen LogP contribution in [0.15, 0.2) is 133 Å². The van der Waals surface area contributed by atoms with Gasteiger partial charge in [0, 0.05) is 33.9 Å². The third kappa shape index (κ3) is 10.1. The number of hydrogen-bond donors (Lipinski definition) is 2. The number of hydrogen-bond acceptors (Lipinski definition) is 2. The largest absolute Gasteiger partial charge is 0.355 e. The van der Waals surface area contributed by atoms with Crippen molar-refractivity contribution in [2.24, 2.45) is 0 Å². The fourth-order valence-corrected chi connectivity index (χ4v) is 7.50. The summed E-state index contributed by atoms with van der Waals surface area (Å²) < 4.78 is 0. The van der Waals surface area contributed by atoms with Crippen molar-refractivity contribution in [1.29, 1.82) is 0 Å². The van der Waals surface area contributed by atoms with Crippen molar-refractivity contribution in [1.82, 2.24) is 0 Å². The number of nitrogens with one attached hydrogen (secondary N) is 2. The summed E-state index contributed by atoms with van der Waals surface area (Å²) in [5, 5.41) is 7.43. The van der Waals surface area contributed by atoms with Crippen molar-refractivity contribution in [2.75, 3.05) is 10.6 Å². The van der Waals surface area contributed by atoms with Gasteiger partial charge in [0.15, 0.2) is 0 Å². The van der Waals surface area contributed by atoms with Crippen molar-refractivity contribution < 1.29 is 0 Å². The molecular formula is C51H58N2. The van der Waals surface area contributed by atoms with Crippen molar-refractivity contribution in [3.8, 4) is 33.4 Å². The average Bonchev–Trinajstić information content (AvgIpc) is 3.18. The molecule has 2 nitrogen and oxygen atoms in total. The first-order valence-corrected chi connectivity index (χ1v) is 20.2. The van der Waals surface area contributed by atoms with Gasteiger partial charge in [-0.3, -0.25) is 0 Å². The number of anilines is 4. The van der Waals surface area contributed by atoms with Crippen LogP contribution in [0.25, 0.3) is 33.4 Å². The topological polar surface area (TPSA) is 24.1 Å². The van der Waals surface area contributed by atoms with Crippen LogP contribution in [-0.4, -0.2) is 0 Å². The molecule has 0 aliphatic rings. The molecule has 0 heterocycles. The van der Waals surface area contributed by atoms with Crippen LogP contribution >= 0.6 is 0 Å². The first-order chi connectivity index (χ1) is 26.1. The van der Waals surface area contributed by atoms with Gasteiger partial charge in [-0.15, -0.1) is 0 Å². The van der Waals surface area contributed by atoms with Gasteiger partial charge in [-0.05, 0) is 108 Å². The fourth-order valence-electron chi connectivity index (χ4n) is 7.50. The Morgan fingerprint density at radius 2 is 0.868 bits per heavy atom. The summed E-state index contributed by atoms with van der Waals surface area (Å²) in [6, 6.07) is 49.3. The molecule has 0 spiro atoms. The molecule has 0 saturated carbocycles. The Balaban J connectivity index is 1.24. The predicted molar refractivity (Wildman–Crippen MR) is 232 cm³/mol. The Morgan fingerprint density at radius 1 is 0.396 bits per heavy atom. The number of benzene rings is 6. The summed E-state index contributed by atoms with van der Waals surface area (Å²) in [5.74, 6) is 0. The van der Waals surface area contributed by atoms with Crippen LogP contribution in [-0.2, 0) is 19.3 Å². The summed E-state index contributed by atoms with van der Waals surface area (Å²) in [7, 11) is 0. The third-order valence-electron chi connectivity index (χ3n) is 10.4. The number of para-hydroxylation sites is 2. The van der Waals surface area contributed by atoms with E-state index in [0.717, 1.165) is 54.9 Å². The molecule has 6 aromatic carbocycles. The first kappa shape index (κ1) is 37.7. The highest BCUT2D eigenvalue weighted by atomic mass is 14.9. The van der Waals surface area contributed by atoms with Gasteiger partial charge in [0.25, 0.3) is 0 Å². The van der Waals surface area contributed by atoms with Gasteiger partial charge >= 0.3 is 0 Å². The van der Waals surface area contributed by atoms with E-state index in [1.165, 1.54) is 94.2 Å². The Bertz CT molecular complexity index is 2040. The number of aryl methyl sites for hydroxylation is 4. The lowest BCUT2D eigenvalue weighted by Crippen LogP contribution is -1.98. The molecule has 2 N–H and O–H groups in total. The molecule has 0 aromatic heterocycles. The molecule has 6 rings (SSSR count). The van der Waals surface area contributed by atoms with Gasteiger partial charge in [-0.2, -0.15) is 0 Å². The Morgan fingerprint density at radius 3 is 1.38 bits per heavy atom. The van der Waals surface area contributed by atoms with E-state index in [2.05, 4.69) is 172 Å². The summed E-state index contributed by atoms with van der Waals surface area (Å²) >= 11 is 0. The maximum atomic E-state index is 3.75. The Hall–Kier alpha value is -5.08. The van der Waals surface area contributed by atoms with Crippen molar-refractivity contribution in [3.05, 3.63) is 156 Å². The lowest BCUT2D eigenvalue weighted by molar-refractivity contribution is 0.607. The highest BCUT2D eigenvalue weighted by Crippen LogP contribution is 2.38. The lowest BCUT2D eigenvalue weighted by atomic mass is 9.87. The van der Waals surface area contributed by atoms with Gasteiger partial charge in [-0.1, -0.05) is 168 Å². The molecule has 6 aromatic rings. The number of unbranched alkanes of at least 4 members (excludes halogenated alkanes) is 5. The molecule has 0 bridgehead atoms. The monoisotopic (exact) mass is 698 g/mol. The average molecular weight is 699 g/mol. The highest BCUT2D eigenvalue weighted by molar-refractivity contribution is 5.86. The zero-order valence-corrected chi connectivity index (χ0v) is 32.5. The highest BCUT2D eigenvalue weighted by Gasteiger charge is 2.15. The van der Waals surface area contributed by atoms with Gasteiger partial charge in [-0.25, -0.2) is 0 Å². The molecule has 0 aliphatic carbocycles. The SMILES string of the molecule is CCCCCCCCc1ccc(Nc2ccccc2-c2ccc(-c3ccc(-c4ccccc4Nc4ccc(C)cc4)cc3CCC)c(CCC)c2)cc1. The summed E-state index contributed by atoms with van der Waals surface area (Å²) in [5.41, 5.74) is 17.7. The molecule has 0 atom stereocenters. The Labute approximate surface area is 319 Å². The molecule has 0 aliphatic heterocycles. The van der Waals surface area contributed by atoms with Crippen molar-refractivity contribution >= 4 is 22.7 Å². The molecule has 0 saturated heterocycles. The Kier molecular flexibility index (Phi) is 13.6. The number of rotatable bonds is 18. The second-order valence-electron chi connectivity index (χ2n) is 14.7. The third-order valence-corrected chi connectivity index (χ3v) is 10.4. The van der Waals surface area contributed by atoms with Crippen LogP contribution in [0.4, 0.5) is 22.7 Å². The second kappa shape index (κ2) is 19.1. The van der Waals surface area contributed by atoms with Crippen LogP contribution in [0.3, 0.4) is 0 Å². The van der Waals surface area contributed by atoms with Crippen molar-refractivity contribution in [2.45, 2.75) is 98.3 Å². The van der Waals surface area contributed by atoms with E-state index in [1.54, 1.807) is 0 Å². The van der Waals surface area contributed by atoms with E-state index >= 15 is 0 Å². The maximum Gasteiger partial charge on any atom is 0.0463 e. The molecule has 0 amide bonds. The maximum absolute atomic E-state index is 3.75. The van der Waals surface area contributed by atoms with Gasteiger partial charge in [0.1, 0.15) is 0 Å². The summed E-state index contributed by atoms with van der Waals surface area (Å²) in [6.07, 6.45) is 13.4. The molecular weight excluding hydrogens is 641 g/mol. The smallest absolute Gasteiger partial charge is 0.0463 e. The van der Waals surface area contributed by atoms with E-state index in [0.29, 0.717) is 0 Å². The van der Waals surface area contributed by atoms with E-state index in [9.17, 15) is 0 Å². The van der Waals surface area contributed by atoms with Gasteiger partial charge < -0.3 is 10.6 Å². The second-order valence-corrected chi connectivity index (χ2v) is 14.7. The fraction of sp³-hybridized carbons (Fsp3) is 0.294. The molecule has 0 unspecified atom stereocenters. The first-order valence-electron chi connectivity index (χ1n) is 20.2. The molecule has 272 valence electrons. The molecule has 53 heavy (non-hydrogen) atoms. The van der Waals surface area contributed by atoms with Crippen LogP contribution in [0.2, 0.25) is 0 Å². The quantitative estimate of drug-likeness (QED) is 0.0873. The van der Waals surface area contributed by atoms with Crippen LogP contribution in [0.1, 0.15) is 94.4 Å². The van der Waals surface area contributed by atoms with Crippen LogP contribution in [0, 0.1) is 6.92 Å². The minimum Gasteiger partial charge on any atom is -0.355 e. The van der Waals surface area contributed by atoms with Gasteiger partial charge in [0.2, 0.25) is 0 Å². The predicted octanol–water partition coefficient (Wildman–Crippen LogP) is 15.3. The lowest BCUT2D eigenvalue weighted by Gasteiger charge is -2.19. The zero-order valence-electron chi connectivity index (χ0n) is 32.5. The van der Waals surface area contributed by atoms with E-state index in [4.69, 9.17) is 0 Å². The minimum atomic E-state index is 1.04. The summed E-state index contributed by atoms with van der Waals surface area (Å²) in [6.45, 7) is 8.98. The van der Waals surface area contributed by atoms with E-state index in [-0.39, 0.29) is 0 Å². The van der Waals surface area contributed by atoms with Crippen LogP contribution < -0.4 is 10.6 Å². The zero-order chi connectivity index (χ0) is 36.8.